The van der Waals surface area contributed by atoms with Crippen LogP contribution in [0.15, 0.2) is 18.2 Å². The molecule has 84 valence electrons. The van der Waals surface area contributed by atoms with E-state index in [4.69, 9.17) is 9.47 Å². The van der Waals surface area contributed by atoms with Gasteiger partial charge in [0.05, 0.1) is 25.2 Å². The van der Waals surface area contributed by atoms with Crippen molar-refractivity contribution >= 4 is 0 Å². The standard InChI is InChI=1S/C13H15NO2/c1-3-16-11-6-4-5-10(12(11)15-2)13(9-14)7-8-13/h4-6H,3,7-8H2,1-2H3. The van der Waals surface area contributed by atoms with Crippen molar-refractivity contribution < 1.29 is 9.47 Å². The number of rotatable bonds is 4. The molecule has 0 unspecified atom stereocenters. The lowest BCUT2D eigenvalue weighted by Crippen LogP contribution is -2.07. The van der Waals surface area contributed by atoms with Crippen LogP contribution < -0.4 is 9.47 Å². The van der Waals surface area contributed by atoms with E-state index in [2.05, 4.69) is 6.07 Å². The maximum atomic E-state index is 9.20. The molecule has 0 N–H and O–H groups in total. The third kappa shape index (κ3) is 1.61. The molecule has 3 nitrogen and oxygen atoms in total. The molecule has 0 aliphatic heterocycles. The summed E-state index contributed by atoms with van der Waals surface area (Å²) in [5, 5.41) is 9.20. The van der Waals surface area contributed by atoms with Gasteiger partial charge in [-0.05, 0) is 25.8 Å². The molecular formula is C13H15NO2. The lowest BCUT2D eigenvalue weighted by atomic mass is 9.96. The average Bonchev–Trinajstić information content (AvgIpc) is 3.10. The van der Waals surface area contributed by atoms with E-state index in [9.17, 15) is 5.26 Å². The molecular weight excluding hydrogens is 202 g/mol. The lowest BCUT2D eigenvalue weighted by Gasteiger charge is -2.15. The molecule has 1 aliphatic rings. The number of para-hydroxylation sites is 1. The van der Waals surface area contributed by atoms with Gasteiger partial charge < -0.3 is 9.47 Å². The average molecular weight is 217 g/mol. The number of ether oxygens (including phenoxy) is 2. The normalized spacial score (nSPS) is 16.3. The van der Waals surface area contributed by atoms with E-state index in [1.165, 1.54) is 0 Å². The van der Waals surface area contributed by atoms with Crippen LogP contribution in [-0.4, -0.2) is 13.7 Å². The minimum atomic E-state index is -0.335. The highest BCUT2D eigenvalue weighted by molar-refractivity contribution is 5.55. The molecule has 1 aliphatic carbocycles. The molecule has 0 saturated heterocycles. The van der Waals surface area contributed by atoms with Crippen molar-refractivity contribution in [1.29, 1.82) is 5.26 Å². The number of benzene rings is 1. The van der Waals surface area contributed by atoms with E-state index in [-0.39, 0.29) is 5.41 Å². The zero-order valence-electron chi connectivity index (χ0n) is 9.62. The monoisotopic (exact) mass is 217 g/mol. The molecule has 1 saturated carbocycles. The van der Waals surface area contributed by atoms with Gasteiger partial charge in [0.25, 0.3) is 0 Å². The molecule has 2 rings (SSSR count). The Kier molecular flexibility index (Phi) is 2.74. The Morgan fingerprint density at radius 2 is 2.19 bits per heavy atom. The quantitative estimate of drug-likeness (QED) is 0.778. The number of nitrogens with zero attached hydrogens (tertiary/aromatic N) is 1. The van der Waals surface area contributed by atoms with Gasteiger partial charge in [-0.15, -0.1) is 0 Å². The van der Waals surface area contributed by atoms with Crippen molar-refractivity contribution in [1.82, 2.24) is 0 Å². The number of nitriles is 1. The second-order valence-corrected chi connectivity index (χ2v) is 3.96. The second-order valence-electron chi connectivity index (χ2n) is 3.96. The van der Waals surface area contributed by atoms with E-state index in [1.807, 2.05) is 25.1 Å². The van der Waals surface area contributed by atoms with Crippen LogP contribution in [0.2, 0.25) is 0 Å². The first kappa shape index (κ1) is 10.8. The Bertz CT molecular complexity index is 430. The zero-order chi connectivity index (χ0) is 11.6. The number of methoxy groups -OCH3 is 1. The topological polar surface area (TPSA) is 42.2 Å². The Morgan fingerprint density at radius 1 is 1.44 bits per heavy atom. The van der Waals surface area contributed by atoms with Crippen LogP contribution in [0.25, 0.3) is 0 Å². The number of hydrogen-bond donors (Lipinski definition) is 0. The Morgan fingerprint density at radius 3 is 2.69 bits per heavy atom. The summed E-state index contributed by atoms with van der Waals surface area (Å²) >= 11 is 0. The van der Waals surface area contributed by atoms with Crippen LogP contribution in [0.4, 0.5) is 0 Å². The van der Waals surface area contributed by atoms with Gasteiger partial charge in [0, 0.05) is 5.56 Å². The van der Waals surface area contributed by atoms with Gasteiger partial charge in [0.15, 0.2) is 11.5 Å². The lowest BCUT2D eigenvalue weighted by molar-refractivity contribution is 0.308. The Balaban J connectivity index is 2.46. The Hall–Kier alpha value is -1.69. The van der Waals surface area contributed by atoms with Crippen LogP contribution >= 0.6 is 0 Å². The molecule has 1 aromatic rings. The smallest absolute Gasteiger partial charge is 0.165 e. The van der Waals surface area contributed by atoms with Gasteiger partial charge in [0.2, 0.25) is 0 Å². The van der Waals surface area contributed by atoms with Crippen molar-refractivity contribution in [3.63, 3.8) is 0 Å². The third-order valence-electron chi connectivity index (χ3n) is 2.96. The number of hydrogen-bond acceptors (Lipinski definition) is 3. The SMILES string of the molecule is CCOc1cccc(C2(C#N)CC2)c1OC. The van der Waals surface area contributed by atoms with E-state index in [0.717, 1.165) is 24.2 Å². The van der Waals surface area contributed by atoms with Gasteiger partial charge in [-0.1, -0.05) is 12.1 Å². The van der Waals surface area contributed by atoms with Gasteiger partial charge in [0.1, 0.15) is 0 Å². The molecule has 0 atom stereocenters. The van der Waals surface area contributed by atoms with Crippen LogP contribution in [0.3, 0.4) is 0 Å². The first-order valence-corrected chi connectivity index (χ1v) is 5.49. The van der Waals surface area contributed by atoms with E-state index < -0.39 is 0 Å². The minimum absolute atomic E-state index is 0.335. The highest BCUT2D eigenvalue weighted by Gasteiger charge is 2.47. The van der Waals surface area contributed by atoms with Crippen molar-refractivity contribution in [3.05, 3.63) is 23.8 Å². The van der Waals surface area contributed by atoms with Crippen molar-refractivity contribution in [2.24, 2.45) is 0 Å². The van der Waals surface area contributed by atoms with Crippen molar-refractivity contribution in [2.75, 3.05) is 13.7 Å². The highest BCUT2D eigenvalue weighted by Crippen LogP contribution is 2.52. The van der Waals surface area contributed by atoms with Crippen LogP contribution in [0.1, 0.15) is 25.3 Å². The predicted octanol–water partition coefficient (Wildman–Crippen LogP) is 2.65. The van der Waals surface area contributed by atoms with Crippen LogP contribution in [0, 0.1) is 11.3 Å². The molecule has 1 fully saturated rings. The van der Waals surface area contributed by atoms with Crippen LogP contribution in [-0.2, 0) is 5.41 Å². The summed E-state index contributed by atoms with van der Waals surface area (Å²) in [6.07, 6.45) is 1.82. The van der Waals surface area contributed by atoms with E-state index in [1.54, 1.807) is 7.11 Å². The predicted molar refractivity (Wildman–Crippen MR) is 60.7 cm³/mol. The molecule has 3 heteroatoms. The van der Waals surface area contributed by atoms with Crippen LogP contribution in [0.5, 0.6) is 11.5 Å². The molecule has 0 radical (unpaired) electrons. The summed E-state index contributed by atoms with van der Waals surface area (Å²) in [5.41, 5.74) is 0.627. The molecule has 0 aromatic heterocycles. The van der Waals surface area contributed by atoms with E-state index >= 15 is 0 Å². The fraction of sp³-hybridized carbons (Fsp3) is 0.462. The molecule has 0 heterocycles. The molecule has 0 amide bonds. The third-order valence-corrected chi connectivity index (χ3v) is 2.96. The highest BCUT2D eigenvalue weighted by atomic mass is 16.5. The summed E-state index contributed by atoms with van der Waals surface area (Å²) < 4.78 is 10.9. The summed E-state index contributed by atoms with van der Waals surface area (Å²) in [5.74, 6) is 1.44. The van der Waals surface area contributed by atoms with Gasteiger partial charge in [-0.2, -0.15) is 5.26 Å². The summed E-state index contributed by atoms with van der Waals surface area (Å²) in [7, 11) is 1.62. The van der Waals surface area contributed by atoms with Gasteiger partial charge >= 0.3 is 0 Å². The van der Waals surface area contributed by atoms with Gasteiger partial charge in [-0.25, -0.2) is 0 Å². The molecule has 0 bridgehead atoms. The maximum Gasteiger partial charge on any atom is 0.165 e. The minimum Gasteiger partial charge on any atom is -0.493 e. The molecule has 16 heavy (non-hydrogen) atoms. The van der Waals surface area contributed by atoms with Crippen molar-refractivity contribution in [2.45, 2.75) is 25.2 Å². The summed E-state index contributed by atoms with van der Waals surface area (Å²) in [6.45, 7) is 2.53. The Labute approximate surface area is 95.6 Å². The van der Waals surface area contributed by atoms with Gasteiger partial charge in [-0.3, -0.25) is 0 Å². The first-order valence-electron chi connectivity index (χ1n) is 5.49. The largest absolute Gasteiger partial charge is 0.493 e. The van der Waals surface area contributed by atoms with E-state index in [0.29, 0.717) is 12.4 Å². The summed E-state index contributed by atoms with van der Waals surface area (Å²) in [4.78, 5) is 0. The second kappa shape index (κ2) is 4.05. The molecule has 1 aromatic carbocycles. The van der Waals surface area contributed by atoms with Crippen molar-refractivity contribution in [3.8, 4) is 17.6 Å². The fourth-order valence-electron chi connectivity index (χ4n) is 1.94. The maximum absolute atomic E-state index is 9.20. The zero-order valence-corrected chi connectivity index (χ0v) is 9.62. The first-order chi connectivity index (χ1) is 7.77. The fourth-order valence-corrected chi connectivity index (χ4v) is 1.94. The molecule has 0 spiro atoms. The summed E-state index contributed by atoms with van der Waals surface area (Å²) in [6, 6.07) is 8.12.